The van der Waals surface area contributed by atoms with Crippen LogP contribution in [-0.4, -0.2) is 71.0 Å². The number of aliphatic carboxylic acids is 2. The van der Waals surface area contributed by atoms with Gasteiger partial charge in [0.1, 0.15) is 12.1 Å². The first-order valence-electron chi connectivity index (χ1n) is 7.51. The number of carbonyl (C=O) groups excluding carboxylic acids is 4. The third kappa shape index (κ3) is 4.34. The highest BCUT2D eigenvalue weighted by Gasteiger charge is 2.34. The molecular formula is C14H16N4O8. The maximum Gasteiger partial charge on any atom is 0.332 e. The second-order valence-corrected chi connectivity index (χ2v) is 5.65. The van der Waals surface area contributed by atoms with Gasteiger partial charge in [-0.2, -0.15) is 0 Å². The maximum atomic E-state index is 11.8. The lowest BCUT2D eigenvalue weighted by Gasteiger charge is -2.25. The van der Waals surface area contributed by atoms with E-state index >= 15 is 0 Å². The summed E-state index contributed by atoms with van der Waals surface area (Å²) >= 11 is 0. The third-order valence-corrected chi connectivity index (χ3v) is 3.85. The molecule has 0 spiro atoms. The summed E-state index contributed by atoms with van der Waals surface area (Å²) in [5.41, 5.74) is -1.29. The van der Waals surface area contributed by atoms with Gasteiger partial charge in [0.15, 0.2) is 0 Å². The number of carboxylic acids is 2. The quantitative estimate of drug-likeness (QED) is 0.260. The van der Waals surface area contributed by atoms with Crippen LogP contribution in [0.1, 0.15) is 12.8 Å². The summed E-state index contributed by atoms with van der Waals surface area (Å²) in [6, 6.07) is -2.52. The van der Waals surface area contributed by atoms with Gasteiger partial charge in [0.25, 0.3) is 0 Å². The molecule has 0 saturated carbocycles. The molecule has 4 amide bonds. The fourth-order valence-electron chi connectivity index (χ4n) is 2.58. The molecular weight excluding hydrogens is 352 g/mol. The number of amides is 4. The second kappa shape index (κ2) is 7.63. The van der Waals surface area contributed by atoms with Crippen LogP contribution in [0, 0.1) is 0 Å². The van der Waals surface area contributed by atoms with E-state index in [1.807, 2.05) is 0 Å². The van der Waals surface area contributed by atoms with E-state index in [-0.39, 0.29) is 13.1 Å². The van der Waals surface area contributed by atoms with Crippen LogP contribution in [0.15, 0.2) is 11.1 Å². The summed E-state index contributed by atoms with van der Waals surface area (Å²) in [6.45, 7) is -0.525. The molecule has 0 aliphatic carbocycles. The van der Waals surface area contributed by atoms with E-state index in [4.69, 9.17) is 0 Å². The lowest BCUT2D eigenvalue weighted by Crippen LogP contribution is -2.57. The molecule has 2 saturated heterocycles. The van der Waals surface area contributed by atoms with E-state index in [0.29, 0.717) is 0 Å². The molecule has 0 aromatic heterocycles. The molecule has 0 unspecified atom stereocenters. The molecule has 6 N–H and O–H groups in total. The molecule has 2 atom stereocenters. The van der Waals surface area contributed by atoms with Crippen molar-refractivity contribution in [2.24, 2.45) is 0 Å². The van der Waals surface area contributed by atoms with Crippen molar-refractivity contribution in [1.82, 2.24) is 21.3 Å². The Morgan fingerprint density at radius 2 is 1.12 bits per heavy atom. The van der Waals surface area contributed by atoms with Gasteiger partial charge in [-0.3, -0.25) is 19.2 Å². The Morgan fingerprint density at radius 1 is 0.769 bits per heavy atom. The minimum atomic E-state index is -1.61. The fraction of sp³-hybridized carbons (Fsp3) is 0.429. The first kappa shape index (κ1) is 18.9. The first-order chi connectivity index (χ1) is 12.2. The van der Waals surface area contributed by atoms with Crippen molar-refractivity contribution >= 4 is 35.6 Å². The van der Waals surface area contributed by atoms with Gasteiger partial charge in [0, 0.05) is 12.8 Å². The van der Waals surface area contributed by atoms with Crippen LogP contribution in [0.4, 0.5) is 0 Å². The Morgan fingerprint density at radius 3 is 1.42 bits per heavy atom. The van der Waals surface area contributed by atoms with E-state index in [0.717, 1.165) is 0 Å². The highest BCUT2D eigenvalue weighted by Crippen LogP contribution is 2.19. The largest absolute Gasteiger partial charge is 0.478 e. The van der Waals surface area contributed by atoms with Crippen molar-refractivity contribution in [3.8, 4) is 0 Å². The van der Waals surface area contributed by atoms with Gasteiger partial charge in [0.2, 0.25) is 23.6 Å². The van der Waals surface area contributed by atoms with Gasteiger partial charge >= 0.3 is 11.9 Å². The predicted octanol–water partition coefficient (Wildman–Crippen LogP) is -3.54. The minimum absolute atomic E-state index is 0.262. The molecule has 12 nitrogen and oxygen atoms in total. The number of hydrogen-bond donors (Lipinski definition) is 6. The molecule has 12 heteroatoms. The molecule has 2 fully saturated rings. The lowest BCUT2D eigenvalue weighted by atomic mass is 9.94. The van der Waals surface area contributed by atoms with Gasteiger partial charge in [-0.25, -0.2) is 9.59 Å². The Labute approximate surface area is 146 Å². The summed E-state index contributed by atoms with van der Waals surface area (Å²) in [5, 5.41) is 27.8. The number of carbonyl (C=O) groups is 6. The van der Waals surface area contributed by atoms with Crippen LogP contribution in [-0.2, 0) is 28.8 Å². The fourth-order valence-corrected chi connectivity index (χ4v) is 2.58. The molecule has 0 bridgehead atoms. The van der Waals surface area contributed by atoms with E-state index < -0.39 is 71.6 Å². The maximum absolute atomic E-state index is 11.8. The summed E-state index contributed by atoms with van der Waals surface area (Å²) in [6.07, 6.45) is -1.17. The van der Waals surface area contributed by atoms with Crippen molar-refractivity contribution in [3.05, 3.63) is 11.1 Å². The van der Waals surface area contributed by atoms with Crippen LogP contribution in [0.5, 0.6) is 0 Å². The summed E-state index contributed by atoms with van der Waals surface area (Å²) < 4.78 is 0. The smallest absolute Gasteiger partial charge is 0.332 e. The molecule has 0 aromatic rings. The number of hydrogen-bond acceptors (Lipinski definition) is 6. The van der Waals surface area contributed by atoms with Crippen molar-refractivity contribution in [2.45, 2.75) is 24.9 Å². The molecule has 26 heavy (non-hydrogen) atoms. The minimum Gasteiger partial charge on any atom is -0.478 e. The summed E-state index contributed by atoms with van der Waals surface area (Å²) in [7, 11) is 0. The zero-order chi connectivity index (χ0) is 19.4. The third-order valence-electron chi connectivity index (χ3n) is 3.85. The SMILES string of the molecule is O=C1CNC(=O)[C@H](CC(C(=O)O)=C(C[C@@H]2NC(=O)CNC2=O)C(=O)O)N1. The Bertz CT molecular complexity index is 668. The van der Waals surface area contributed by atoms with Crippen LogP contribution >= 0.6 is 0 Å². The molecule has 2 rings (SSSR count). The van der Waals surface area contributed by atoms with Crippen molar-refractivity contribution in [2.75, 3.05) is 13.1 Å². The number of piperazine rings is 2. The van der Waals surface area contributed by atoms with E-state index in [9.17, 15) is 39.0 Å². The lowest BCUT2D eigenvalue weighted by molar-refractivity contribution is -0.137. The monoisotopic (exact) mass is 368 g/mol. The molecule has 2 aliphatic rings. The number of carboxylic acid groups (broad SMARTS) is 2. The van der Waals surface area contributed by atoms with Gasteiger partial charge in [-0.05, 0) is 0 Å². The average Bonchev–Trinajstić information content (AvgIpc) is 2.56. The second-order valence-electron chi connectivity index (χ2n) is 5.65. The standard InChI is InChI=1S/C14H16N4O8/c19-9-3-15-11(21)7(17-9)1-5(13(23)24)6(14(25)26)2-8-12(22)16-4-10(20)18-8/h7-8H,1-4H2,(H,15,21)(H,16,22)(H,17,19)(H,18,20)(H,23,24)(H,25,26)/t7-,8-/m0/s1. The highest BCUT2D eigenvalue weighted by molar-refractivity contribution is 6.02. The normalized spacial score (nSPS) is 23.8. The van der Waals surface area contributed by atoms with E-state index in [1.54, 1.807) is 0 Å². The van der Waals surface area contributed by atoms with Crippen LogP contribution < -0.4 is 21.3 Å². The topological polar surface area (TPSA) is 191 Å². The van der Waals surface area contributed by atoms with Gasteiger partial charge in [-0.15, -0.1) is 0 Å². The predicted molar refractivity (Wildman–Crippen MR) is 81.4 cm³/mol. The van der Waals surface area contributed by atoms with E-state index in [1.165, 1.54) is 0 Å². The van der Waals surface area contributed by atoms with E-state index in [2.05, 4.69) is 21.3 Å². The Kier molecular flexibility index (Phi) is 5.54. The summed E-state index contributed by atoms with van der Waals surface area (Å²) in [4.78, 5) is 69.3. The zero-order valence-electron chi connectivity index (χ0n) is 13.3. The van der Waals surface area contributed by atoms with Gasteiger partial charge in [-0.1, -0.05) is 0 Å². The zero-order valence-corrected chi connectivity index (χ0v) is 13.3. The summed E-state index contributed by atoms with van der Waals surface area (Å²) in [5.74, 6) is -5.63. The first-order valence-corrected chi connectivity index (χ1v) is 7.51. The number of nitrogens with one attached hydrogen (secondary N) is 4. The van der Waals surface area contributed by atoms with Gasteiger partial charge < -0.3 is 31.5 Å². The van der Waals surface area contributed by atoms with Crippen molar-refractivity contribution in [1.29, 1.82) is 0 Å². The highest BCUT2D eigenvalue weighted by atomic mass is 16.4. The van der Waals surface area contributed by atoms with Crippen molar-refractivity contribution < 1.29 is 39.0 Å². The molecule has 2 heterocycles. The van der Waals surface area contributed by atoms with Crippen LogP contribution in [0.2, 0.25) is 0 Å². The van der Waals surface area contributed by atoms with Crippen LogP contribution in [0.3, 0.4) is 0 Å². The molecule has 2 aliphatic heterocycles. The Balaban J connectivity index is 2.31. The molecule has 140 valence electrons. The Hall–Kier alpha value is -3.44. The number of rotatable bonds is 6. The molecule has 0 radical (unpaired) electrons. The van der Waals surface area contributed by atoms with Gasteiger partial charge in [0.05, 0.1) is 24.2 Å². The average molecular weight is 368 g/mol. The molecule has 0 aromatic carbocycles. The van der Waals surface area contributed by atoms with Crippen LogP contribution in [0.25, 0.3) is 0 Å². The van der Waals surface area contributed by atoms with Crippen molar-refractivity contribution in [3.63, 3.8) is 0 Å².